The van der Waals surface area contributed by atoms with Crippen molar-refractivity contribution < 1.29 is 19.8 Å². The molecule has 6 nitrogen and oxygen atoms in total. The standard InChI is InChI=1S/C40H56N2O4/c1-37(2,3)29-23-27(24-30(35(29)45)38(4,5)6)17-19-33(43)41-21-15-13-14-16-22-42-34(44)20-18-28-25-31(39(7,8)9)36(46)32(26-28)40(10,11)12/h23-26,45-46H,13-16,21-22H2,1-12H3,(H,41,43)(H,42,44). The van der Waals surface area contributed by atoms with Crippen molar-refractivity contribution in [2.24, 2.45) is 0 Å². The number of hydrogen-bond donors (Lipinski definition) is 4. The summed E-state index contributed by atoms with van der Waals surface area (Å²) in [5.74, 6) is 11.3. The fourth-order valence-corrected chi connectivity index (χ4v) is 5.05. The summed E-state index contributed by atoms with van der Waals surface area (Å²) in [6.45, 7) is 25.6. The number of rotatable bonds is 7. The Hall–Kier alpha value is -3.90. The van der Waals surface area contributed by atoms with E-state index < -0.39 is 0 Å². The number of unbranched alkanes of at least 4 members (excludes halogenated alkanes) is 3. The van der Waals surface area contributed by atoms with Crippen LogP contribution in [0, 0.1) is 23.7 Å². The molecule has 2 aromatic carbocycles. The number of benzene rings is 2. The quantitative estimate of drug-likeness (QED) is 0.189. The van der Waals surface area contributed by atoms with E-state index in [1.54, 1.807) is 0 Å². The van der Waals surface area contributed by atoms with Gasteiger partial charge in [0.1, 0.15) is 11.5 Å². The van der Waals surface area contributed by atoms with E-state index in [-0.39, 0.29) is 33.5 Å². The molecule has 46 heavy (non-hydrogen) atoms. The summed E-state index contributed by atoms with van der Waals surface area (Å²) in [4.78, 5) is 24.7. The highest BCUT2D eigenvalue weighted by Gasteiger charge is 2.27. The van der Waals surface area contributed by atoms with Gasteiger partial charge in [-0.25, -0.2) is 0 Å². The summed E-state index contributed by atoms with van der Waals surface area (Å²) in [5, 5.41) is 27.5. The molecule has 0 atom stereocenters. The highest BCUT2D eigenvalue weighted by atomic mass is 16.3. The maximum atomic E-state index is 12.4. The third-order valence-electron chi connectivity index (χ3n) is 7.77. The Morgan fingerprint density at radius 1 is 0.522 bits per heavy atom. The SMILES string of the molecule is CC(C)(C)c1cc(C#CC(=O)NCCCCCCNC(=O)C#Cc2cc(C(C)(C)C)c(O)c(C(C)(C)C)c2)cc(C(C)(C)C)c1O. The summed E-state index contributed by atoms with van der Waals surface area (Å²) < 4.78 is 0. The van der Waals surface area contributed by atoms with Crippen LogP contribution in [-0.2, 0) is 31.2 Å². The number of hydrogen-bond acceptors (Lipinski definition) is 4. The molecule has 2 aromatic rings. The van der Waals surface area contributed by atoms with Gasteiger partial charge in [0.2, 0.25) is 0 Å². The molecular weight excluding hydrogens is 572 g/mol. The van der Waals surface area contributed by atoms with Gasteiger partial charge in [-0.2, -0.15) is 0 Å². The van der Waals surface area contributed by atoms with E-state index in [1.807, 2.05) is 107 Å². The second-order valence-corrected chi connectivity index (χ2v) is 16.3. The van der Waals surface area contributed by atoms with Gasteiger partial charge in [-0.05, 0) is 58.8 Å². The Bertz CT molecular complexity index is 1350. The van der Waals surface area contributed by atoms with Gasteiger partial charge in [-0.1, -0.05) is 108 Å². The molecule has 0 saturated heterocycles. The van der Waals surface area contributed by atoms with Crippen LogP contribution in [0.2, 0.25) is 0 Å². The maximum Gasteiger partial charge on any atom is 0.296 e. The third-order valence-corrected chi connectivity index (χ3v) is 7.77. The zero-order valence-electron chi connectivity index (χ0n) is 30.3. The Kier molecular flexibility index (Phi) is 12.6. The zero-order chi connectivity index (χ0) is 35.1. The minimum absolute atomic E-state index is 0.263. The van der Waals surface area contributed by atoms with Gasteiger partial charge in [-0.3, -0.25) is 9.59 Å². The largest absolute Gasteiger partial charge is 0.507 e. The summed E-state index contributed by atoms with van der Waals surface area (Å²) in [5.41, 5.74) is 3.63. The molecule has 2 amide bonds. The minimum atomic E-state index is -0.327. The van der Waals surface area contributed by atoms with Crippen LogP contribution >= 0.6 is 0 Å². The number of amides is 2. The molecule has 0 aliphatic heterocycles. The number of aromatic hydroxyl groups is 2. The highest BCUT2D eigenvalue weighted by Crippen LogP contribution is 2.40. The van der Waals surface area contributed by atoms with Gasteiger partial charge in [0.05, 0.1) is 0 Å². The van der Waals surface area contributed by atoms with Crippen molar-refractivity contribution in [3.05, 3.63) is 57.6 Å². The van der Waals surface area contributed by atoms with Crippen LogP contribution < -0.4 is 10.6 Å². The lowest BCUT2D eigenvalue weighted by Gasteiger charge is -2.27. The lowest BCUT2D eigenvalue weighted by Crippen LogP contribution is -2.23. The van der Waals surface area contributed by atoms with Crippen molar-refractivity contribution >= 4 is 11.8 Å². The third kappa shape index (κ3) is 11.5. The van der Waals surface area contributed by atoms with Crippen LogP contribution in [0.5, 0.6) is 11.5 Å². The molecule has 0 bridgehead atoms. The van der Waals surface area contributed by atoms with E-state index in [9.17, 15) is 19.8 Å². The van der Waals surface area contributed by atoms with E-state index in [1.165, 1.54) is 0 Å². The molecule has 0 fully saturated rings. The summed E-state index contributed by atoms with van der Waals surface area (Å²) in [6.07, 6.45) is 3.46. The molecule has 0 aliphatic rings. The number of phenols is 2. The summed E-state index contributed by atoms with van der Waals surface area (Å²) in [6, 6.07) is 7.48. The average Bonchev–Trinajstić information content (AvgIpc) is 2.90. The normalized spacial score (nSPS) is 12.0. The monoisotopic (exact) mass is 628 g/mol. The van der Waals surface area contributed by atoms with E-state index in [0.717, 1.165) is 47.9 Å². The van der Waals surface area contributed by atoms with Gasteiger partial charge in [-0.15, -0.1) is 0 Å². The van der Waals surface area contributed by atoms with Crippen LogP contribution in [0.4, 0.5) is 0 Å². The fraction of sp³-hybridized carbons (Fsp3) is 0.550. The number of phenolic OH excluding ortho intramolecular Hbond substituents is 2. The lowest BCUT2D eigenvalue weighted by molar-refractivity contribution is -0.116. The minimum Gasteiger partial charge on any atom is -0.507 e. The molecule has 0 unspecified atom stereocenters. The second-order valence-electron chi connectivity index (χ2n) is 16.3. The lowest BCUT2D eigenvalue weighted by atomic mass is 9.78. The Morgan fingerprint density at radius 3 is 1.02 bits per heavy atom. The average molecular weight is 629 g/mol. The molecule has 0 radical (unpaired) electrons. The van der Waals surface area contributed by atoms with Gasteiger partial charge >= 0.3 is 0 Å². The molecule has 4 N–H and O–H groups in total. The van der Waals surface area contributed by atoms with Crippen LogP contribution in [0.3, 0.4) is 0 Å². The summed E-state index contributed by atoms with van der Waals surface area (Å²) >= 11 is 0. The zero-order valence-corrected chi connectivity index (χ0v) is 30.3. The first-order valence-electron chi connectivity index (χ1n) is 16.4. The highest BCUT2D eigenvalue weighted by molar-refractivity contribution is 5.94. The predicted octanol–water partition coefficient (Wildman–Crippen LogP) is 7.48. The van der Waals surface area contributed by atoms with E-state index in [0.29, 0.717) is 35.7 Å². The van der Waals surface area contributed by atoms with Crippen LogP contribution in [0.1, 0.15) is 142 Å². The van der Waals surface area contributed by atoms with Crippen LogP contribution in [0.25, 0.3) is 0 Å². The van der Waals surface area contributed by atoms with Crippen molar-refractivity contribution in [3.63, 3.8) is 0 Å². The first kappa shape index (κ1) is 38.3. The maximum absolute atomic E-state index is 12.4. The fourth-order valence-electron chi connectivity index (χ4n) is 5.05. The van der Waals surface area contributed by atoms with Gasteiger partial charge in [0.15, 0.2) is 0 Å². The van der Waals surface area contributed by atoms with E-state index in [4.69, 9.17) is 0 Å². The number of carbonyl (C=O) groups is 2. The molecule has 0 aliphatic carbocycles. The van der Waals surface area contributed by atoms with Crippen molar-refractivity contribution in [1.82, 2.24) is 10.6 Å². The van der Waals surface area contributed by atoms with Crippen LogP contribution in [-0.4, -0.2) is 35.1 Å². The summed E-state index contributed by atoms with van der Waals surface area (Å²) in [7, 11) is 0. The Morgan fingerprint density at radius 2 is 0.783 bits per heavy atom. The first-order chi connectivity index (χ1) is 21.0. The van der Waals surface area contributed by atoms with Gasteiger partial charge in [0.25, 0.3) is 11.8 Å². The van der Waals surface area contributed by atoms with Crippen molar-refractivity contribution in [3.8, 4) is 35.2 Å². The van der Waals surface area contributed by atoms with Crippen LogP contribution in [0.15, 0.2) is 24.3 Å². The van der Waals surface area contributed by atoms with E-state index in [2.05, 4.69) is 34.3 Å². The Balaban J connectivity index is 1.83. The molecule has 0 aromatic heterocycles. The van der Waals surface area contributed by atoms with Crippen molar-refractivity contribution in [2.75, 3.05) is 13.1 Å². The van der Waals surface area contributed by atoms with Gasteiger partial charge < -0.3 is 20.8 Å². The van der Waals surface area contributed by atoms with E-state index >= 15 is 0 Å². The molecule has 0 saturated carbocycles. The molecule has 0 spiro atoms. The number of nitrogens with one attached hydrogen (secondary N) is 2. The predicted molar refractivity (Wildman–Crippen MR) is 189 cm³/mol. The molecule has 2 rings (SSSR count). The molecule has 0 heterocycles. The van der Waals surface area contributed by atoms with Crippen molar-refractivity contribution in [2.45, 2.75) is 130 Å². The van der Waals surface area contributed by atoms with Crippen molar-refractivity contribution in [1.29, 1.82) is 0 Å². The Labute approximate surface area is 278 Å². The topological polar surface area (TPSA) is 98.7 Å². The number of carbonyl (C=O) groups excluding carboxylic acids is 2. The molecule has 6 heteroatoms. The smallest absolute Gasteiger partial charge is 0.296 e. The molecule has 250 valence electrons. The van der Waals surface area contributed by atoms with Gasteiger partial charge in [0, 0.05) is 58.3 Å². The first-order valence-corrected chi connectivity index (χ1v) is 16.4. The second kappa shape index (κ2) is 15.1. The molecular formula is C40H56N2O4.